The zero-order chi connectivity index (χ0) is 24.7. The summed E-state index contributed by atoms with van der Waals surface area (Å²) in [7, 11) is -1.16. The van der Waals surface area contributed by atoms with Crippen LogP contribution in [0.2, 0.25) is 0 Å². The number of benzene rings is 3. The van der Waals surface area contributed by atoms with E-state index in [1.165, 1.54) is 48.8 Å². The van der Waals surface area contributed by atoms with Crippen LogP contribution in [0.4, 0.5) is 8.78 Å². The lowest BCUT2D eigenvalue weighted by atomic mass is 10.2. The molecule has 0 aliphatic rings. The first-order valence-electron chi connectivity index (χ1n) is 10.2. The van der Waals surface area contributed by atoms with Crippen LogP contribution in [0.3, 0.4) is 0 Å². The van der Waals surface area contributed by atoms with Crippen molar-refractivity contribution in [2.24, 2.45) is 0 Å². The average Bonchev–Trinajstić information content (AvgIpc) is 2.83. The molecular weight excluding hydrogens is 466 g/mol. The fourth-order valence-corrected chi connectivity index (χ4v) is 4.52. The summed E-state index contributed by atoms with van der Waals surface area (Å²) in [5.41, 5.74) is 1.59. The van der Waals surface area contributed by atoms with Crippen LogP contribution in [-0.2, 0) is 23.1 Å². The number of hydrogen-bond acceptors (Lipinski definition) is 5. The van der Waals surface area contributed by atoms with Crippen molar-refractivity contribution in [1.82, 2.24) is 9.62 Å². The highest BCUT2D eigenvalue weighted by molar-refractivity contribution is 7.89. The van der Waals surface area contributed by atoms with Gasteiger partial charge in [0.05, 0.1) is 7.11 Å². The highest BCUT2D eigenvalue weighted by Crippen LogP contribution is 2.28. The van der Waals surface area contributed by atoms with Crippen molar-refractivity contribution in [2.75, 3.05) is 14.2 Å². The number of halogens is 2. The predicted molar refractivity (Wildman–Crippen MR) is 122 cm³/mol. The largest absolute Gasteiger partial charge is 0.495 e. The smallest absolute Gasteiger partial charge is 0.387 e. The van der Waals surface area contributed by atoms with Gasteiger partial charge in [-0.05, 0) is 41.5 Å². The number of amides is 1. The Morgan fingerprint density at radius 3 is 2.29 bits per heavy atom. The Balaban J connectivity index is 1.75. The van der Waals surface area contributed by atoms with Crippen LogP contribution in [0.5, 0.6) is 11.5 Å². The van der Waals surface area contributed by atoms with Crippen LogP contribution >= 0.6 is 0 Å². The lowest BCUT2D eigenvalue weighted by molar-refractivity contribution is -0.0498. The summed E-state index contributed by atoms with van der Waals surface area (Å²) in [6.45, 7) is -2.66. The molecule has 1 amide bonds. The summed E-state index contributed by atoms with van der Waals surface area (Å²) in [5.74, 6) is -0.376. The van der Waals surface area contributed by atoms with E-state index in [0.717, 1.165) is 5.56 Å². The van der Waals surface area contributed by atoms with Gasteiger partial charge in [0.15, 0.2) is 0 Å². The molecule has 0 fully saturated rings. The van der Waals surface area contributed by atoms with Crippen molar-refractivity contribution in [2.45, 2.75) is 24.6 Å². The molecule has 0 aromatic heterocycles. The van der Waals surface area contributed by atoms with Crippen LogP contribution in [-0.4, -0.2) is 39.4 Å². The minimum absolute atomic E-state index is 0.00898. The number of carbonyl (C=O) groups is 1. The number of nitrogens with one attached hydrogen (secondary N) is 1. The van der Waals surface area contributed by atoms with Gasteiger partial charge in [-0.1, -0.05) is 42.5 Å². The van der Waals surface area contributed by atoms with Gasteiger partial charge < -0.3 is 14.8 Å². The second-order valence-corrected chi connectivity index (χ2v) is 9.33. The molecule has 0 aliphatic carbocycles. The van der Waals surface area contributed by atoms with Gasteiger partial charge in [-0.25, -0.2) is 8.42 Å². The van der Waals surface area contributed by atoms with E-state index < -0.39 is 22.5 Å². The van der Waals surface area contributed by atoms with E-state index in [1.807, 2.05) is 30.3 Å². The lowest BCUT2D eigenvalue weighted by Gasteiger charge is -2.19. The van der Waals surface area contributed by atoms with Gasteiger partial charge in [0.2, 0.25) is 10.0 Å². The molecule has 0 unspecified atom stereocenters. The molecule has 0 aliphatic heterocycles. The van der Waals surface area contributed by atoms with E-state index >= 15 is 0 Å². The molecule has 3 aromatic rings. The zero-order valence-electron chi connectivity index (χ0n) is 18.6. The molecule has 180 valence electrons. The summed E-state index contributed by atoms with van der Waals surface area (Å²) >= 11 is 0. The van der Waals surface area contributed by atoms with Crippen LogP contribution < -0.4 is 14.8 Å². The van der Waals surface area contributed by atoms with Crippen LogP contribution in [0.15, 0.2) is 77.7 Å². The lowest BCUT2D eigenvalue weighted by Crippen LogP contribution is -2.28. The quantitative estimate of drug-likeness (QED) is 0.464. The summed E-state index contributed by atoms with van der Waals surface area (Å²) < 4.78 is 61.7. The van der Waals surface area contributed by atoms with E-state index in [2.05, 4.69) is 10.1 Å². The molecule has 0 saturated carbocycles. The third-order valence-electron chi connectivity index (χ3n) is 4.96. The molecule has 0 atom stereocenters. The Morgan fingerprint density at radius 1 is 1.00 bits per heavy atom. The third kappa shape index (κ3) is 6.30. The minimum atomic E-state index is -3.96. The molecule has 0 saturated heterocycles. The Hall–Kier alpha value is -3.50. The van der Waals surface area contributed by atoms with Gasteiger partial charge in [0.1, 0.15) is 16.4 Å². The molecular formula is C24H24F2N2O5S. The number of ether oxygens (including phenoxy) is 2. The van der Waals surface area contributed by atoms with E-state index in [0.29, 0.717) is 5.56 Å². The molecule has 0 heterocycles. The highest BCUT2D eigenvalue weighted by atomic mass is 32.2. The van der Waals surface area contributed by atoms with E-state index in [-0.39, 0.29) is 35.0 Å². The van der Waals surface area contributed by atoms with Crippen molar-refractivity contribution in [3.05, 3.63) is 89.5 Å². The Kier molecular flexibility index (Phi) is 8.19. The fraction of sp³-hybridized carbons (Fsp3) is 0.208. The molecule has 3 rings (SSSR count). The summed E-state index contributed by atoms with van der Waals surface area (Å²) in [5, 5.41) is 2.68. The van der Waals surface area contributed by atoms with Gasteiger partial charge >= 0.3 is 6.61 Å². The SMILES string of the molecule is COc1ccc(C(=O)NCc2ccc(OC(F)F)cc2)cc1S(=O)(=O)N(C)Cc1ccccc1. The first-order chi connectivity index (χ1) is 16.2. The maximum absolute atomic E-state index is 13.2. The second kappa shape index (κ2) is 11.1. The normalized spacial score (nSPS) is 11.5. The number of carbonyl (C=O) groups excluding carboxylic acids is 1. The molecule has 1 N–H and O–H groups in total. The third-order valence-corrected chi connectivity index (χ3v) is 6.79. The van der Waals surface area contributed by atoms with E-state index in [4.69, 9.17) is 4.74 Å². The van der Waals surface area contributed by atoms with Gasteiger partial charge in [0, 0.05) is 25.7 Å². The molecule has 3 aromatic carbocycles. The van der Waals surface area contributed by atoms with Gasteiger partial charge in [-0.2, -0.15) is 13.1 Å². The maximum Gasteiger partial charge on any atom is 0.387 e. The van der Waals surface area contributed by atoms with Gasteiger partial charge in [0.25, 0.3) is 5.91 Å². The molecule has 0 bridgehead atoms. The van der Waals surface area contributed by atoms with Crippen LogP contribution in [0, 0.1) is 0 Å². The van der Waals surface area contributed by atoms with Crippen molar-refractivity contribution in [1.29, 1.82) is 0 Å². The van der Waals surface area contributed by atoms with Crippen molar-refractivity contribution >= 4 is 15.9 Å². The summed E-state index contributed by atoms with van der Waals surface area (Å²) in [6, 6.07) is 19.1. The first kappa shape index (κ1) is 25.1. The monoisotopic (exact) mass is 490 g/mol. The Labute approximate surface area is 197 Å². The summed E-state index contributed by atoms with van der Waals surface area (Å²) in [6.07, 6.45) is 0. The number of hydrogen-bond donors (Lipinski definition) is 1. The molecule has 34 heavy (non-hydrogen) atoms. The van der Waals surface area contributed by atoms with Crippen molar-refractivity contribution in [3.8, 4) is 11.5 Å². The van der Waals surface area contributed by atoms with Crippen LogP contribution in [0.25, 0.3) is 0 Å². The number of sulfonamides is 1. The average molecular weight is 491 g/mol. The first-order valence-corrected chi connectivity index (χ1v) is 11.6. The predicted octanol–water partition coefficient (Wildman–Crippen LogP) is 4.05. The number of rotatable bonds is 10. The van der Waals surface area contributed by atoms with Crippen molar-refractivity contribution in [3.63, 3.8) is 0 Å². The molecule has 10 heteroatoms. The second-order valence-electron chi connectivity index (χ2n) is 7.32. The minimum Gasteiger partial charge on any atom is -0.495 e. The van der Waals surface area contributed by atoms with Crippen molar-refractivity contribution < 1.29 is 31.5 Å². The van der Waals surface area contributed by atoms with Crippen LogP contribution in [0.1, 0.15) is 21.5 Å². The Morgan fingerprint density at radius 2 is 1.68 bits per heavy atom. The van der Waals surface area contributed by atoms with E-state index in [9.17, 15) is 22.0 Å². The van der Waals surface area contributed by atoms with Gasteiger partial charge in [-0.3, -0.25) is 4.79 Å². The number of nitrogens with zero attached hydrogens (tertiary/aromatic N) is 1. The topological polar surface area (TPSA) is 84.9 Å². The summed E-state index contributed by atoms with van der Waals surface area (Å²) in [4.78, 5) is 12.6. The number of methoxy groups -OCH3 is 1. The number of alkyl halides is 2. The van der Waals surface area contributed by atoms with Gasteiger partial charge in [-0.15, -0.1) is 0 Å². The zero-order valence-corrected chi connectivity index (χ0v) is 19.4. The molecule has 7 nitrogen and oxygen atoms in total. The Bertz CT molecular complexity index is 1220. The fourth-order valence-electron chi connectivity index (χ4n) is 3.19. The maximum atomic E-state index is 13.2. The molecule has 0 spiro atoms. The molecule has 0 radical (unpaired) electrons. The highest BCUT2D eigenvalue weighted by Gasteiger charge is 2.26. The standard InChI is InChI=1S/C24H24F2N2O5S/c1-28(16-18-6-4-3-5-7-18)34(30,31)22-14-19(10-13-21(22)32-2)23(29)27-15-17-8-11-20(12-9-17)33-24(25)26/h3-14,24H,15-16H2,1-2H3,(H,27,29). The van der Waals surface area contributed by atoms with E-state index in [1.54, 1.807) is 12.1 Å².